The molecule has 4 rings (SSSR count). The van der Waals surface area contributed by atoms with Gasteiger partial charge in [-0.25, -0.2) is 0 Å². The van der Waals surface area contributed by atoms with Gasteiger partial charge in [-0.3, -0.25) is 9.59 Å². The molecule has 0 aliphatic carbocycles. The molecule has 0 unspecified atom stereocenters. The number of anilines is 1. The molecule has 0 radical (unpaired) electrons. The standard InChI is InChI=1S/C26H26N2O3/c29-16-15-25(30)27-19-26(31)28(18-22(27)17-20-9-3-1-4-10-20)24-14-8-7-13-23(24)21-11-5-2-6-12-21/h1-14,22,29H,15-19H2/t22-/m1/s1. The molecule has 5 nitrogen and oxygen atoms in total. The van der Waals surface area contributed by atoms with Gasteiger partial charge in [0, 0.05) is 18.5 Å². The average molecular weight is 415 g/mol. The molecule has 2 amide bonds. The molecule has 1 fully saturated rings. The number of nitrogens with zero attached hydrogens (tertiary/aromatic N) is 2. The number of hydrogen-bond acceptors (Lipinski definition) is 3. The number of piperazine rings is 1. The molecule has 31 heavy (non-hydrogen) atoms. The number of aliphatic hydroxyl groups excluding tert-OH is 1. The molecule has 0 bridgehead atoms. The van der Waals surface area contributed by atoms with Gasteiger partial charge in [0.1, 0.15) is 6.54 Å². The van der Waals surface area contributed by atoms with Crippen LogP contribution in [-0.4, -0.2) is 47.6 Å². The number of amides is 2. The molecular formula is C26H26N2O3. The summed E-state index contributed by atoms with van der Waals surface area (Å²) >= 11 is 0. The maximum Gasteiger partial charge on any atom is 0.246 e. The number of hydrogen-bond donors (Lipinski definition) is 1. The summed E-state index contributed by atoms with van der Waals surface area (Å²) in [6.45, 7) is 0.205. The molecule has 0 spiro atoms. The van der Waals surface area contributed by atoms with Crippen molar-refractivity contribution in [3.8, 4) is 11.1 Å². The molecule has 0 saturated carbocycles. The normalized spacial score (nSPS) is 16.4. The molecule has 5 heteroatoms. The Labute approximate surface area is 182 Å². The van der Waals surface area contributed by atoms with Crippen molar-refractivity contribution in [1.29, 1.82) is 0 Å². The van der Waals surface area contributed by atoms with Crippen molar-refractivity contribution in [3.05, 3.63) is 90.5 Å². The van der Waals surface area contributed by atoms with Gasteiger partial charge in [0.25, 0.3) is 0 Å². The van der Waals surface area contributed by atoms with Gasteiger partial charge in [-0.05, 0) is 23.6 Å². The van der Waals surface area contributed by atoms with Crippen LogP contribution in [0.25, 0.3) is 11.1 Å². The third-order valence-corrected chi connectivity index (χ3v) is 5.68. The molecule has 1 heterocycles. The predicted octanol–water partition coefficient (Wildman–Crippen LogP) is 3.52. The first-order valence-corrected chi connectivity index (χ1v) is 10.6. The van der Waals surface area contributed by atoms with E-state index in [1.807, 2.05) is 84.9 Å². The highest BCUT2D eigenvalue weighted by Crippen LogP contribution is 2.33. The van der Waals surface area contributed by atoms with E-state index in [4.69, 9.17) is 0 Å². The topological polar surface area (TPSA) is 60.9 Å². The second kappa shape index (κ2) is 9.58. The van der Waals surface area contributed by atoms with E-state index in [9.17, 15) is 14.7 Å². The van der Waals surface area contributed by atoms with Crippen molar-refractivity contribution in [2.24, 2.45) is 0 Å². The molecule has 1 saturated heterocycles. The van der Waals surface area contributed by atoms with Crippen LogP contribution in [0.1, 0.15) is 12.0 Å². The van der Waals surface area contributed by atoms with E-state index >= 15 is 0 Å². The molecule has 158 valence electrons. The molecule has 3 aromatic carbocycles. The Kier molecular flexibility index (Phi) is 6.43. The van der Waals surface area contributed by atoms with Gasteiger partial charge in [0.15, 0.2) is 0 Å². The summed E-state index contributed by atoms with van der Waals surface area (Å²) in [5.74, 6) is -0.299. The smallest absolute Gasteiger partial charge is 0.246 e. The van der Waals surface area contributed by atoms with Gasteiger partial charge in [-0.2, -0.15) is 0 Å². The van der Waals surface area contributed by atoms with Crippen molar-refractivity contribution in [1.82, 2.24) is 4.90 Å². The lowest BCUT2D eigenvalue weighted by atomic mass is 9.98. The maximum atomic E-state index is 13.2. The van der Waals surface area contributed by atoms with E-state index in [1.54, 1.807) is 9.80 Å². The maximum absolute atomic E-state index is 13.2. The summed E-state index contributed by atoms with van der Waals surface area (Å²) in [4.78, 5) is 29.3. The van der Waals surface area contributed by atoms with Gasteiger partial charge in [-0.15, -0.1) is 0 Å². The lowest BCUT2D eigenvalue weighted by Crippen LogP contribution is -2.59. The Hall–Kier alpha value is -3.44. The van der Waals surface area contributed by atoms with Crippen LogP contribution in [0.15, 0.2) is 84.9 Å². The van der Waals surface area contributed by atoms with E-state index in [-0.39, 0.29) is 37.4 Å². The van der Waals surface area contributed by atoms with Crippen LogP contribution in [-0.2, 0) is 16.0 Å². The van der Waals surface area contributed by atoms with E-state index in [2.05, 4.69) is 0 Å². The number of aliphatic hydroxyl groups is 1. The highest BCUT2D eigenvalue weighted by molar-refractivity contribution is 6.01. The van der Waals surface area contributed by atoms with Crippen molar-refractivity contribution < 1.29 is 14.7 Å². The van der Waals surface area contributed by atoms with Gasteiger partial charge >= 0.3 is 0 Å². The largest absolute Gasteiger partial charge is 0.396 e. The highest BCUT2D eigenvalue weighted by atomic mass is 16.3. The molecule has 3 aromatic rings. The predicted molar refractivity (Wildman–Crippen MR) is 122 cm³/mol. The summed E-state index contributed by atoms with van der Waals surface area (Å²) < 4.78 is 0. The second-order valence-corrected chi connectivity index (χ2v) is 7.73. The lowest BCUT2D eigenvalue weighted by molar-refractivity contribution is -0.140. The Morgan fingerprint density at radius 2 is 1.55 bits per heavy atom. The van der Waals surface area contributed by atoms with Gasteiger partial charge in [-0.1, -0.05) is 78.9 Å². The minimum atomic E-state index is -0.220. The summed E-state index contributed by atoms with van der Waals surface area (Å²) in [5.41, 5.74) is 4.00. The number of carbonyl (C=O) groups is 2. The van der Waals surface area contributed by atoms with Crippen molar-refractivity contribution >= 4 is 17.5 Å². The first-order chi connectivity index (χ1) is 15.2. The average Bonchev–Trinajstić information content (AvgIpc) is 2.81. The Bertz CT molecular complexity index is 1040. The Morgan fingerprint density at radius 1 is 0.903 bits per heavy atom. The minimum absolute atomic E-state index is 0.0134. The number of rotatable bonds is 6. The fourth-order valence-corrected chi connectivity index (χ4v) is 4.17. The van der Waals surface area contributed by atoms with Gasteiger partial charge < -0.3 is 14.9 Å². The fraction of sp³-hybridized carbons (Fsp3) is 0.231. The molecular weight excluding hydrogens is 388 g/mol. The van der Waals surface area contributed by atoms with Crippen LogP contribution in [0.5, 0.6) is 0 Å². The first-order valence-electron chi connectivity index (χ1n) is 10.6. The molecule has 1 atom stereocenters. The van der Waals surface area contributed by atoms with E-state index in [0.29, 0.717) is 13.0 Å². The van der Waals surface area contributed by atoms with Crippen LogP contribution in [0.2, 0.25) is 0 Å². The number of carbonyl (C=O) groups excluding carboxylic acids is 2. The van der Waals surface area contributed by atoms with Crippen LogP contribution in [0, 0.1) is 0 Å². The van der Waals surface area contributed by atoms with Crippen LogP contribution in [0.4, 0.5) is 5.69 Å². The quantitative estimate of drug-likeness (QED) is 0.671. The minimum Gasteiger partial charge on any atom is -0.396 e. The summed E-state index contributed by atoms with van der Waals surface area (Å²) in [6, 6.07) is 27.7. The fourth-order valence-electron chi connectivity index (χ4n) is 4.17. The summed E-state index contributed by atoms with van der Waals surface area (Å²) in [5, 5.41) is 9.26. The first kappa shape index (κ1) is 20.8. The Morgan fingerprint density at radius 3 is 2.26 bits per heavy atom. The van der Waals surface area contributed by atoms with Crippen LogP contribution in [0.3, 0.4) is 0 Å². The number of benzene rings is 3. The number of para-hydroxylation sites is 1. The third-order valence-electron chi connectivity index (χ3n) is 5.68. The molecule has 1 aliphatic heterocycles. The van der Waals surface area contributed by atoms with Gasteiger partial charge in [0.2, 0.25) is 11.8 Å². The summed E-state index contributed by atoms with van der Waals surface area (Å²) in [6.07, 6.45) is 0.675. The third kappa shape index (κ3) is 4.67. The monoisotopic (exact) mass is 414 g/mol. The molecule has 1 aliphatic rings. The van der Waals surface area contributed by atoms with Crippen molar-refractivity contribution in [2.45, 2.75) is 18.9 Å². The molecule has 0 aromatic heterocycles. The zero-order valence-corrected chi connectivity index (χ0v) is 17.4. The zero-order chi connectivity index (χ0) is 21.6. The Balaban J connectivity index is 1.67. The molecule has 1 N–H and O–H groups in total. The van der Waals surface area contributed by atoms with Crippen LogP contribution >= 0.6 is 0 Å². The second-order valence-electron chi connectivity index (χ2n) is 7.73. The van der Waals surface area contributed by atoms with Crippen LogP contribution < -0.4 is 4.90 Å². The zero-order valence-electron chi connectivity index (χ0n) is 17.4. The highest BCUT2D eigenvalue weighted by Gasteiger charge is 2.36. The van der Waals surface area contributed by atoms with E-state index in [1.165, 1.54) is 0 Å². The van der Waals surface area contributed by atoms with E-state index in [0.717, 1.165) is 22.4 Å². The summed E-state index contributed by atoms with van der Waals surface area (Å²) in [7, 11) is 0. The van der Waals surface area contributed by atoms with Crippen molar-refractivity contribution in [3.63, 3.8) is 0 Å². The van der Waals surface area contributed by atoms with Gasteiger partial charge in [0.05, 0.1) is 18.3 Å². The van der Waals surface area contributed by atoms with Crippen molar-refractivity contribution in [2.75, 3.05) is 24.6 Å². The lowest BCUT2D eigenvalue weighted by Gasteiger charge is -2.41. The SMILES string of the molecule is O=C1CN(C(=O)CCO)[C@H](Cc2ccccc2)CN1c1ccccc1-c1ccccc1. The van der Waals surface area contributed by atoms with E-state index < -0.39 is 0 Å².